The van der Waals surface area contributed by atoms with Crippen molar-refractivity contribution in [2.45, 2.75) is 284 Å². The molecular weight excluding hydrogens is 757 g/mol. The van der Waals surface area contributed by atoms with E-state index < -0.39 is 6.10 Å². The number of unbranched alkanes of at least 4 members (excludes halogenated alkanes) is 32. The van der Waals surface area contributed by atoms with Gasteiger partial charge in [-0.05, 0) is 64.2 Å². The number of hydrogen-bond acceptors (Lipinski definition) is 6. The number of hydrogen-bond donors (Lipinski definition) is 0. The van der Waals surface area contributed by atoms with Gasteiger partial charge in [-0.1, -0.05) is 231 Å². The number of carbonyl (C=O) groups is 3. The van der Waals surface area contributed by atoms with Gasteiger partial charge in [0.15, 0.2) is 6.10 Å². The second-order valence-electron chi connectivity index (χ2n) is 17.8. The Bertz CT molecular complexity index is 1030. The second-order valence-corrected chi connectivity index (χ2v) is 17.8. The normalized spacial score (nSPS) is 12.2. The van der Waals surface area contributed by atoms with E-state index in [1.807, 2.05) is 0 Å². The summed E-state index contributed by atoms with van der Waals surface area (Å²) in [6.07, 6.45) is 58.6. The molecule has 1 unspecified atom stereocenters. The van der Waals surface area contributed by atoms with Gasteiger partial charge in [0.25, 0.3) is 0 Å². The Balaban J connectivity index is 4.33. The molecule has 1 atom stereocenters. The molecule has 0 saturated heterocycles. The molecule has 0 amide bonds. The summed E-state index contributed by atoms with van der Waals surface area (Å²) >= 11 is 0. The van der Waals surface area contributed by atoms with Crippen LogP contribution in [-0.4, -0.2) is 37.2 Å². The summed E-state index contributed by atoms with van der Waals surface area (Å²) in [6.45, 7) is 6.58. The van der Waals surface area contributed by atoms with Crippen molar-refractivity contribution in [3.05, 3.63) is 36.5 Å². The SMILES string of the molecule is CCCCCC/C=C\CCCC(=O)OCC(COC(=O)CCCCCCCCCCCCCCCCCCCC)OC(=O)CCCCC/C=C\C=C/CCCCCCCCC. The summed E-state index contributed by atoms with van der Waals surface area (Å²) in [7, 11) is 0. The number of carbonyl (C=O) groups excluding carboxylic acids is 3. The van der Waals surface area contributed by atoms with Crippen molar-refractivity contribution >= 4 is 17.9 Å². The van der Waals surface area contributed by atoms with Gasteiger partial charge in [0.2, 0.25) is 0 Å². The van der Waals surface area contributed by atoms with E-state index >= 15 is 0 Å². The van der Waals surface area contributed by atoms with Crippen molar-refractivity contribution in [1.29, 1.82) is 0 Å². The van der Waals surface area contributed by atoms with Crippen LogP contribution in [0.3, 0.4) is 0 Å². The van der Waals surface area contributed by atoms with Crippen LogP contribution in [0.25, 0.3) is 0 Å². The molecule has 6 nitrogen and oxygen atoms in total. The second kappa shape index (κ2) is 50.3. The topological polar surface area (TPSA) is 78.9 Å². The van der Waals surface area contributed by atoms with Crippen LogP contribution in [0.5, 0.6) is 0 Å². The molecule has 0 aromatic rings. The molecule has 6 heteroatoms. The molecule has 0 heterocycles. The van der Waals surface area contributed by atoms with E-state index in [0.29, 0.717) is 25.7 Å². The highest BCUT2D eigenvalue weighted by Gasteiger charge is 2.19. The maximum Gasteiger partial charge on any atom is 0.306 e. The first kappa shape index (κ1) is 58.6. The molecule has 0 aliphatic rings. The van der Waals surface area contributed by atoms with Gasteiger partial charge in [-0.25, -0.2) is 0 Å². The van der Waals surface area contributed by atoms with E-state index in [-0.39, 0.29) is 31.1 Å². The predicted molar refractivity (Wildman–Crippen MR) is 261 cm³/mol. The molecule has 0 rings (SSSR count). The van der Waals surface area contributed by atoms with Crippen LogP contribution in [0.4, 0.5) is 0 Å². The van der Waals surface area contributed by atoms with Crippen LogP contribution in [0.2, 0.25) is 0 Å². The van der Waals surface area contributed by atoms with Gasteiger partial charge >= 0.3 is 17.9 Å². The Morgan fingerprint density at radius 3 is 1.02 bits per heavy atom. The molecule has 61 heavy (non-hydrogen) atoms. The molecule has 0 saturated carbocycles. The highest BCUT2D eigenvalue weighted by atomic mass is 16.6. The molecule has 0 spiro atoms. The molecule has 0 aromatic carbocycles. The third kappa shape index (κ3) is 48.5. The van der Waals surface area contributed by atoms with Gasteiger partial charge in [-0.3, -0.25) is 14.4 Å². The van der Waals surface area contributed by atoms with E-state index in [1.54, 1.807) is 0 Å². The summed E-state index contributed by atoms with van der Waals surface area (Å²) in [5.41, 5.74) is 0. The highest BCUT2D eigenvalue weighted by molar-refractivity contribution is 5.71. The van der Waals surface area contributed by atoms with Crippen LogP contribution < -0.4 is 0 Å². The molecule has 0 radical (unpaired) electrons. The lowest BCUT2D eigenvalue weighted by Crippen LogP contribution is -2.30. The molecule has 0 aliphatic carbocycles. The number of rotatable bonds is 48. The van der Waals surface area contributed by atoms with E-state index in [2.05, 4.69) is 57.2 Å². The van der Waals surface area contributed by atoms with Crippen molar-refractivity contribution in [2.75, 3.05) is 13.2 Å². The minimum absolute atomic E-state index is 0.0884. The zero-order valence-electron chi connectivity index (χ0n) is 40.7. The standard InChI is InChI=1S/C55H100O6/c1-4-7-10-13-16-19-21-23-25-27-28-30-31-33-36-39-42-45-48-54(57)60-51-52(50-59-53(56)47-44-41-38-35-18-15-12-9-6-3)61-55(58)49-46-43-40-37-34-32-29-26-24-22-20-17-14-11-8-5-2/h26,29,32,34-35,38,52H,4-25,27-28,30-31,33,36-37,39-51H2,1-3H3/b29-26-,34-32-,38-35-. The van der Waals surface area contributed by atoms with Gasteiger partial charge in [0.05, 0.1) is 0 Å². The Kier molecular flexibility index (Phi) is 48.3. The van der Waals surface area contributed by atoms with Crippen LogP contribution >= 0.6 is 0 Å². The molecule has 0 fully saturated rings. The predicted octanol–water partition coefficient (Wildman–Crippen LogP) is 17.3. The third-order valence-electron chi connectivity index (χ3n) is 11.6. The summed E-state index contributed by atoms with van der Waals surface area (Å²) in [5.74, 6) is -0.942. The van der Waals surface area contributed by atoms with Crippen LogP contribution in [-0.2, 0) is 28.6 Å². The highest BCUT2D eigenvalue weighted by Crippen LogP contribution is 2.16. The average Bonchev–Trinajstić information content (AvgIpc) is 3.26. The summed E-state index contributed by atoms with van der Waals surface area (Å²) in [6, 6.07) is 0. The molecular formula is C55H100O6. The zero-order chi connectivity index (χ0) is 44.4. The molecule has 0 N–H and O–H groups in total. The summed E-state index contributed by atoms with van der Waals surface area (Å²) in [4.78, 5) is 37.9. The quantitative estimate of drug-likeness (QED) is 0.0199. The van der Waals surface area contributed by atoms with Crippen molar-refractivity contribution in [3.8, 4) is 0 Å². The Morgan fingerprint density at radius 1 is 0.328 bits per heavy atom. The van der Waals surface area contributed by atoms with Gasteiger partial charge in [-0.15, -0.1) is 0 Å². The van der Waals surface area contributed by atoms with Crippen LogP contribution in [0.1, 0.15) is 278 Å². The lowest BCUT2D eigenvalue weighted by molar-refractivity contribution is -0.167. The fourth-order valence-electron chi connectivity index (χ4n) is 7.61. The number of esters is 3. The van der Waals surface area contributed by atoms with E-state index in [9.17, 15) is 14.4 Å². The average molecular weight is 857 g/mol. The number of ether oxygens (including phenoxy) is 3. The van der Waals surface area contributed by atoms with Crippen molar-refractivity contribution in [2.24, 2.45) is 0 Å². The van der Waals surface area contributed by atoms with E-state index in [0.717, 1.165) is 64.2 Å². The Morgan fingerprint density at radius 2 is 0.607 bits per heavy atom. The van der Waals surface area contributed by atoms with Gasteiger partial charge in [-0.2, -0.15) is 0 Å². The summed E-state index contributed by atoms with van der Waals surface area (Å²) in [5, 5.41) is 0. The van der Waals surface area contributed by atoms with Gasteiger partial charge in [0.1, 0.15) is 13.2 Å². The van der Waals surface area contributed by atoms with Gasteiger partial charge in [0, 0.05) is 19.3 Å². The van der Waals surface area contributed by atoms with Crippen LogP contribution in [0, 0.1) is 0 Å². The smallest absolute Gasteiger partial charge is 0.306 e. The Hall–Kier alpha value is -2.37. The lowest BCUT2D eigenvalue weighted by atomic mass is 10.0. The van der Waals surface area contributed by atoms with Gasteiger partial charge < -0.3 is 14.2 Å². The van der Waals surface area contributed by atoms with Crippen molar-refractivity contribution in [1.82, 2.24) is 0 Å². The molecule has 0 aromatic heterocycles. The maximum absolute atomic E-state index is 12.8. The molecule has 356 valence electrons. The number of allylic oxidation sites excluding steroid dienone is 6. The first-order chi connectivity index (χ1) is 30.0. The van der Waals surface area contributed by atoms with E-state index in [1.165, 1.54) is 167 Å². The first-order valence-electron chi connectivity index (χ1n) is 26.5. The fourth-order valence-corrected chi connectivity index (χ4v) is 7.61. The zero-order valence-corrected chi connectivity index (χ0v) is 40.7. The molecule has 0 bridgehead atoms. The largest absolute Gasteiger partial charge is 0.462 e. The van der Waals surface area contributed by atoms with Crippen molar-refractivity contribution in [3.63, 3.8) is 0 Å². The minimum Gasteiger partial charge on any atom is -0.462 e. The third-order valence-corrected chi connectivity index (χ3v) is 11.6. The fraction of sp³-hybridized carbons (Fsp3) is 0.836. The first-order valence-corrected chi connectivity index (χ1v) is 26.5. The van der Waals surface area contributed by atoms with Crippen LogP contribution in [0.15, 0.2) is 36.5 Å². The maximum atomic E-state index is 12.8. The Labute approximate surface area is 378 Å². The monoisotopic (exact) mass is 857 g/mol. The lowest BCUT2D eigenvalue weighted by Gasteiger charge is -2.18. The minimum atomic E-state index is -0.792. The van der Waals surface area contributed by atoms with E-state index in [4.69, 9.17) is 14.2 Å². The van der Waals surface area contributed by atoms with Crippen molar-refractivity contribution < 1.29 is 28.6 Å². The molecule has 0 aliphatic heterocycles. The summed E-state index contributed by atoms with van der Waals surface area (Å²) < 4.78 is 16.7.